The molecule has 0 spiro atoms. The first-order valence-corrected chi connectivity index (χ1v) is 10.3. The predicted molar refractivity (Wildman–Crippen MR) is 116 cm³/mol. The highest BCUT2D eigenvalue weighted by Crippen LogP contribution is 2.27. The number of rotatable bonds is 8. The van der Waals surface area contributed by atoms with Gasteiger partial charge in [-0.05, 0) is 54.8 Å². The minimum atomic E-state index is -0.222. The highest BCUT2D eigenvalue weighted by Gasteiger charge is 2.17. The fourth-order valence-electron chi connectivity index (χ4n) is 3.68. The third kappa shape index (κ3) is 6.10. The molecule has 0 bridgehead atoms. The number of hydrogen-bond donors (Lipinski definition) is 1. The molecule has 1 aliphatic heterocycles. The molecule has 0 radical (unpaired) electrons. The first-order chi connectivity index (χ1) is 14.6. The van der Waals surface area contributed by atoms with Gasteiger partial charge in [0, 0.05) is 38.4 Å². The van der Waals surface area contributed by atoms with E-state index < -0.39 is 0 Å². The van der Waals surface area contributed by atoms with Gasteiger partial charge in [0.05, 0.1) is 20.8 Å². The summed E-state index contributed by atoms with van der Waals surface area (Å²) in [5.74, 6) is 1.20. The first kappa shape index (κ1) is 21.9. The number of carbonyl (C=O) groups is 1. The molecule has 7 heteroatoms. The van der Waals surface area contributed by atoms with Crippen molar-refractivity contribution in [1.29, 1.82) is 0 Å². The lowest BCUT2D eigenvalue weighted by Gasteiger charge is -2.23. The molecule has 1 amide bonds. The monoisotopic (exact) mass is 415 g/mol. The Labute approximate surface area is 177 Å². The van der Waals surface area contributed by atoms with Crippen molar-refractivity contribution in [2.24, 2.45) is 0 Å². The lowest BCUT2D eigenvalue weighted by molar-refractivity contribution is -0.122. The molecule has 6 nitrogen and oxygen atoms in total. The van der Waals surface area contributed by atoms with Gasteiger partial charge in [-0.1, -0.05) is 6.07 Å². The van der Waals surface area contributed by atoms with Crippen molar-refractivity contribution in [1.82, 2.24) is 10.2 Å². The maximum atomic E-state index is 13.1. The fourth-order valence-corrected chi connectivity index (χ4v) is 3.68. The van der Waals surface area contributed by atoms with Crippen LogP contribution in [-0.4, -0.2) is 64.3 Å². The Balaban J connectivity index is 1.42. The van der Waals surface area contributed by atoms with Crippen LogP contribution in [0.4, 0.5) is 10.1 Å². The van der Waals surface area contributed by atoms with Crippen LogP contribution in [0.25, 0.3) is 0 Å². The number of benzene rings is 2. The summed E-state index contributed by atoms with van der Waals surface area (Å²) in [5, 5.41) is 3.01. The summed E-state index contributed by atoms with van der Waals surface area (Å²) in [4.78, 5) is 16.8. The van der Waals surface area contributed by atoms with E-state index in [4.69, 9.17) is 9.47 Å². The van der Waals surface area contributed by atoms with Crippen LogP contribution < -0.4 is 19.7 Å². The summed E-state index contributed by atoms with van der Waals surface area (Å²) < 4.78 is 23.7. The molecule has 30 heavy (non-hydrogen) atoms. The van der Waals surface area contributed by atoms with Crippen molar-refractivity contribution in [3.05, 3.63) is 53.8 Å². The van der Waals surface area contributed by atoms with E-state index in [0.29, 0.717) is 24.6 Å². The van der Waals surface area contributed by atoms with E-state index in [1.165, 1.54) is 12.1 Å². The summed E-state index contributed by atoms with van der Waals surface area (Å²) in [7, 11) is 3.22. The average molecular weight is 416 g/mol. The standard InChI is InChI=1S/C23H30FN3O3/c1-29-21-9-4-18(16-22(21)30-2)10-11-25-23(28)17-26-12-3-13-27(15-14-26)20-7-5-19(24)6-8-20/h4-9,16H,3,10-15,17H2,1-2H3,(H,25,28). The van der Waals surface area contributed by atoms with E-state index in [2.05, 4.69) is 15.1 Å². The van der Waals surface area contributed by atoms with E-state index in [1.807, 2.05) is 30.3 Å². The zero-order valence-electron chi connectivity index (χ0n) is 17.7. The molecule has 1 fully saturated rings. The van der Waals surface area contributed by atoms with Crippen molar-refractivity contribution in [2.45, 2.75) is 12.8 Å². The third-order valence-electron chi connectivity index (χ3n) is 5.33. The molecule has 2 aromatic rings. The largest absolute Gasteiger partial charge is 0.493 e. The summed E-state index contributed by atoms with van der Waals surface area (Å²) in [5.41, 5.74) is 2.11. The molecule has 0 aliphatic carbocycles. The van der Waals surface area contributed by atoms with E-state index in [0.717, 1.165) is 50.3 Å². The number of hydrogen-bond acceptors (Lipinski definition) is 5. The van der Waals surface area contributed by atoms with Crippen molar-refractivity contribution in [2.75, 3.05) is 58.4 Å². The van der Waals surface area contributed by atoms with Crippen LogP contribution in [0.15, 0.2) is 42.5 Å². The van der Waals surface area contributed by atoms with Crippen LogP contribution in [0.3, 0.4) is 0 Å². The van der Waals surface area contributed by atoms with Gasteiger partial charge in [-0.2, -0.15) is 0 Å². The van der Waals surface area contributed by atoms with Crippen molar-refractivity contribution >= 4 is 11.6 Å². The summed E-state index contributed by atoms with van der Waals surface area (Å²) in [6, 6.07) is 12.4. The van der Waals surface area contributed by atoms with Crippen LogP contribution in [0.2, 0.25) is 0 Å². The molecule has 0 unspecified atom stereocenters. The number of amides is 1. The van der Waals surface area contributed by atoms with Crippen molar-refractivity contribution in [3.63, 3.8) is 0 Å². The van der Waals surface area contributed by atoms with E-state index >= 15 is 0 Å². The second-order valence-electron chi connectivity index (χ2n) is 7.38. The Kier molecular flexibility index (Phi) is 7.90. The van der Waals surface area contributed by atoms with Gasteiger partial charge in [0.1, 0.15) is 5.82 Å². The number of nitrogens with zero attached hydrogens (tertiary/aromatic N) is 2. The lowest BCUT2D eigenvalue weighted by atomic mass is 10.1. The van der Waals surface area contributed by atoms with Gasteiger partial charge in [-0.25, -0.2) is 4.39 Å². The van der Waals surface area contributed by atoms with E-state index in [9.17, 15) is 9.18 Å². The Hall–Kier alpha value is -2.80. The van der Waals surface area contributed by atoms with Gasteiger partial charge in [-0.3, -0.25) is 9.69 Å². The molecule has 3 rings (SSSR count). The first-order valence-electron chi connectivity index (χ1n) is 10.3. The van der Waals surface area contributed by atoms with Gasteiger partial charge >= 0.3 is 0 Å². The highest BCUT2D eigenvalue weighted by molar-refractivity contribution is 5.78. The van der Waals surface area contributed by atoms with Crippen molar-refractivity contribution < 1.29 is 18.7 Å². The zero-order chi connectivity index (χ0) is 21.3. The average Bonchev–Trinajstić information content (AvgIpc) is 2.99. The van der Waals surface area contributed by atoms with Crippen molar-refractivity contribution in [3.8, 4) is 11.5 Å². The molecule has 1 saturated heterocycles. The Morgan fingerprint density at radius 2 is 1.77 bits per heavy atom. The maximum Gasteiger partial charge on any atom is 0.234 e. The third-order valence-corrected chi connectivity index (χ3v) is 5.33. The minimum Gasteiger partial charge on any atom is -0.493 e. The normalized spacial score (nSPS) is 14.8. The molecule has 1 aliphatic rings. The summed E-state index contributed by atoms with van der Waals surface area (Å²) >= 11 is 0. The van der Waals surface area contributed by atoms with Gasteiger partial charge in [-0.15, -0.1) is 0 Å². The smallest absolute Gasteiger partial charge is 0.234 e. The Bertz CT molecular complexity index is 829. The molecule has 2 aromatic carbocycles. The van der Waals surface area contributed by atoms with Crippen LogP contribution in [0.5, 0.6) is 11.5 Å². The Morgan fingerprint density at radius 3 is 2.50 bits per heavy atom. The van der Waals surface area contributed by atoms with Crippen LogP contribution >= 0.6 is 0 Å². The highest BCUT2D eigenvalue weighted by atomic mass is 19.1. The minimum absolute atomic E-state index is 0.0331. The van der Waals surface area contributed by atoms with Gasteiger partial charge in [0.25, 0.3) is 0 Å². The molecule has 0 atom stereocenters. The number of carbonyl (C=O) groups excluding carboxylic acids is 1. The molecular formula is C23H30FN3O3. The molecule has 0 saturated carbocycles. The Morgan fingerprint density at radius 1 is 1.00 bits per heavy atom. The predicted octanol–water partition coefficient (Wildman–Crippen LogP) is 2.71. The summed E-state index contributed by atoms with van der Waals surface area (Å²) in [6.07, 6.45) is 1.70. The second-order valence-corrected chi connectivity index (χ2v) is 7.38. The van der Waals surface area contributed by atoms with Gasteiger partial charge in [0.15, 0.2) is 11.5 Å². The number of ether oxygens (including phenoxy) is 2. The zero-order valence-corrected chi connectivity index (χ0v) is 17.7. The van der Waals surface area contributed by atoms with Gasteiger partial charge in [0.2, 0.25) is 5.91 Å². The SMILES string of the molecule is COc1ccc(CCNC(=O)CN2CCCN(c3ccc(F)cc3)CC2)cc1OC. The lowest BCUT2D eigenvalue weighted by Crippen LogP contribution is -2.39. The number of methoxy groups -OCH3 is 2. The van der Waals surface area contributed by atoms with E-state index in [-0.39, 0.29) is 11.7 Å². The molecule has 162 valence electrons. The molecule has 0 aromatic heterocycles. The topological polar surface area (TPSA) is 54.0 Å². The number of halogens is 1. The van der Waals surface area contributed by atoms with E-state index in [1.54, 1.807) is 14.2 Å². The molecule has 1 heterocycles. The van der Waals surface area contributed by atoms with Crippen LogP contribution in [-0.2, 0) is 11.2 Å². The quantitative estimate of drug-likeness (QED) is 0.719. The maximum absolute atomic E-state index is 13.1. The second kappa shape index (κ2) is 10.8. The fraction of sp³-hybridized carbons (Fsp3) is 0.435. The number of anilines is 1. The molecule has 1 N–H and O–H groups in total. The number of nitrogens with one attached hydrogen (secondary N) is 1. The van der Waals surface area contributed by atoms with Crippen LogP contribution in [0.1, 0.15) is 12.0 Å². The van der Waals surface area contributed by atoms with Gasteiger partial charge < -0.3 is 19.7 Å². The van der Waals surface area contributed by atoms with Crippen LogP contribution in [0, 0.1) is 5.82 Å². The summed E-state index contributed by atoms with van der Waals surface area (Å²) in [6.45, 7) is 4.38. The molecular weight excluding hydrogens is 385 g/mol.